The fraction of sp³-hybridized carbons (Fsp3) is 0.588. The lowest BCUT2D eigenvalue weighted by atomic mass is 10.0. The molecule has 1 aromatic rings. The maximum atomic E-state index is 12.2. The summed E-state index contributed by atoms with van der Waals surface area (Å²) in [6, 6.07) is 5.76. The molecule has 1 fully saturated rings. The number of benzene rings is 1. The van der Waals surface area contributed by atoms with E-state index in [2.05, 4.69) is 0 Å². The summed E-state index contributed by atoms with van der Waals surface area (Å²) in [7, 11) is 0. The fourth-order valence-corrected chi connectivity index (χ4v) is 3.87. The largest absolute Gasteiger partial charge is 0.494 e. The molecule has 2 rings (SSSR count). The first-order chi connectivity index (χ1) is 9.70. The van der Waals surface area contributed by atoms with E-state index >= 15 is 0 Å². The van der Waals surface area contributed by atoms with Crippen LogP contribution in [-0.4, -0.2) is 23.4 Å². The number of thioether (sulfide) groups is 1. The molecule has 110 valence electrons. The van der Waals surface area contributed by atoms with Crippen LogP contribution in [0.2, 0.25) is 0 Å². The number of carbonyl (C=O) groups is 1. The highest BCUT2D eigenvalue weighted by atomic mass is 32.2. The van der Waals surface area contributed by atoms with Crippen molar-refractivity contribution in [2.75, 3.05) is 12.4 Å². The van der Waals surface area contributed by atoms with E-state index in [0.717, 1.165) is 16.9 Å². The summed E-state index contributed by atoms with van der Waals surface area (Å²) < 4.78 is 5.51. The van der Waals surface area contributed by atoms with Crippen LogP contribution in [0.4, 0.5) is 0 Å². The minimum absolute atomic E-state index is 0.242. The average molecular weight is 292 g/mol. The van der Waals surface area contributed by atoms with Gasteiger partial charge in [0.15, 0.2) is 5.78 Å². The van der Waals surface area contributed by atoms with Crippen molar-refractivity contribution in [3.8, 4) is 5.75 Å². The van der Waals surface area contributed by atoms with Gasteiger partial charge in [-0.15, -0.1) is 0 Å². The molecule has 0 amide bonds. The first-order valence-corrected chi connectivity index (χ1v) is 8.64. The van der Waals surface area contributed by atoms with Gasteiger partial charge in [0.05, 0.1) is 12.4 Å². The molecule has 0 aliphatic heterocycles. The molecule has 0 aromatic heterocycles. The van der Waals surface area contributed by atoms with E-state index in [1.165, 1.54) is 32.1 Å². The molecule has 3 heteroatoms. The monoisotopic (exact) mass is 292 g/mol. The predicted octanol–water partition coefficient (Wildman–Crippen LogP) is 4.64. The van der Waals surface area contributed by atoms with Crippen molar-refractivity contribution in [1.29, 1.82) is 0 Å². The third-order valence-electron chi connectivity index (χ3n) is 3.80. The molecule has 1 aliphatic rings. The summed E-state index contributed by atoms with van der Waals surface area (Å²) in [5.41, 5.74) is 1.86. The summed E-state index contributed by atoms with van der Waals surface area (Å²) >= 11 is 1.84. The quantitative estimate of drug-likeness (QED) is 0.714. The molecular weight excluding hydrogens is 268 g/mol. The van der Waals surface area contributed by atoms with E-state index in [4.69, 9.17) is 4.74 Å². The first kappa shape index (κ1) is 15.4. The fourth-order valence-electron chi connectivity index (χ4n) is 2.65. The SMILES string of the molecule is CCOc1ccc(C(=O)CSC2CCCCC2)cc1C. The van der Waals surface area contributed by atoms with Gasteiger partial charge in [-0.2, -0.15) is 11.8 Å². The van der Waals surface area contributed by atoms with Crippen molar-refractivity contribution < 1.29 is 9.53 Å². The molecule has 0 spiro atoms. The first-order valence-electron chi connectivity index (χ1n) is 7.59. The number of hydrogen-bond acceptors (Lipinski definition) is 3. The lowest BCUT2D eigenvalue weighted by molar-refractivity contribution is 0.102. The minimum atomic E-state index is 0.242. The number of carbonyl (C=O) groups excluding carboxylic acids is 1. The number of rotatable bonds is 6. The topological polar surface area (TPSA) is 26.3 Å². The zero-order chi connectivity index (χ0) is 14.4. The third kappa shape index (κ3) is 4.27. The van der Waals surface area contributed by atoms with Gasteiger partial charge in [0.1, 0.15) is 5.75 Å². The minimum Gasteiger partial charge on any atom is -0.494 e. The Morgan fingerprint density at radius 2 is 2.05 bits per heavy atom. The number of ketones is 1. The molecule has 2 nitrogen and oxygen atoms in total. The molecule has 1 aromatic carbocycles. The number of ether oxygens (including phenoxy) is 1. The maximum Gasteiger partial charge on any atom is 0.172 e. The van der Waals surface area contributed by atoms with Crippen molar-refractivity contribution in [2.24, 2.45) is 0 Å². The lowest BCUT2D eigenvalue weighted by Gasteiger charge is -2.20. The second-order valence-electron chi connectivity index (χ2n) is 5.41. The second-order valence-corrected chi connectivity index (χ2v) is 6.70. The Kier molecular flexibility index (Phi) is 5.96. The van der Waals surface area contributed by atoms with Crippen LogP contribution in [0.25, 0.3) is 0 Å². The molecule has 0 N–H and O–H groups in total. The van der Waals surface area contributed by atoms with E-state index in [1.807, 2.05) is 43.8 Å². The van der Waals surface area contributed by atoms with Gasteiger partial charge in [0.25, 0.3) is 0 Å². The van der Waals surface area contributed by atoms with E-state index in [-0.39, 0.29) is 5.78 Å². The molecule has 1 saturated carbocycles. The van der Waals surface area contributed by atoms with Gasteiger partial charge >= 0.3 is 0 Å². The van der Waals surface area contributed by atoms with Crippen molar-refractivity contribution >= 4 is 17.5 Å². The van der Waals surface area contributed by atoms with Crippen LogP contribution in [-0.2, 0) is 0 Å². The predicted molar refractivity (Wildman–Crippen MR) is 86.0 cm³/mol. The van der Waals surface area contributed by atoms with Crippen LogP contribution in [0, 0.1) is 6.92 Å². The molecule has 0 saturated heterocycles. The van der Waals surface area contributed by atoms with E-state index in [1.54, 1.807) is 0 Å². The van der Waals surface area contributed by atoms with Crippen LogP contribution in [0.5, 0.6) is 5.75 Å². The molecule has 1 aliphatic carbocycles. The highest BCUT2D eigenvalue weighted by molar-refractivity contribution is 8.00. The molecule has 20 heavy (non-hydrogen) atoms. The third-order valence-corrected chi connectivity index (χ3v) is 5.17. The Labute approximate surface area is 126 Å². The van der Waals surface area contributed by atoms with Crippen LogP contribution >= 0.6 is 11.8 Å². The summed E-state index contributed by atoms with van der Waals surface area (Å²) in [6.07, 6.45) is 6.58. The van der Waals surface area contributed by atoms with Crippen LogP contribution in [0.15, 0.2) is 18.2 Å². The van der Waals surface area contributed by atoms with Gasteiger partial charge in [-0.1, -0.05) is 19.3 Å². The molecule has 0 radical (unpaired) electrons. The Hall–Kier alpha value is -0.960. The molecule has 0 bridgehead atoms. The van der Waals surface area contributed by atoms with Crippen molar-refractivity contribution in [3.05, 3.63) is 29.3 Å². The maximum absolute atomic E-state index is 12.2. The summed E-state index contributed by atoms with van der Waals surface area (Å²) in [5.74, 6) is 1.73. The second kappa shape index (κ2) is 7.72. The standard InChI is InChI=1S/C17H24O2S/c1-3-19-17-10-9-14(11-13(17)2)16(18)12-20-15-7-5-4-6-8-15/h9-11,15H,3-8,12H2,1-2H3. The highest BCUT2D eigenvalue weighted by Crippen LogP contribution is 2.29. The Bertz CT molecular complexity index is 450. The van der Waals surface area contributed by atoms with Gasteiger partial charge < -0.3 is 4.74 Å². The van der Waals surface area contributed by atoms with Gasteiger partial charge in [0, 0.05) is 10.8 Å². The van der Waals surface area contributed by atoms with Crippen LogP contribution in [0.1, 0.15) is 54.9 Å². The summed E-state index contributed by atoms with van der Waals surface area (Å²) in [4.78, 5) is 12.2. The van der Waals surface area contributed by atoms with E-state index in [0.29, 0.717) is 17.6 Å². The van der Waals surface area contributed by atoms with Gasteiger partial charge in [-0.25, -0.2) is 0 Å². The summed E-state index contributed by atoms with van der Waals surface area (Å²) in [5, 5.41) is 0.691. The zero-order valence-electron chi connectivity index (χ0n) is 12.5. The van der Waals surface area contributed by atoms with Gasteiger partial charge in [-0.3, -0.25) is 4.79 Å². The molecule has 0 heterocycles. The molecular formula is C17H24O2S. The Morgan fingerprint density at radius 1 is 1.30 bits per heavy atom. The molecule has 0 atom stereocenters. The van der Waals surface area contributed by atoms with Crippen molar-refractivity contribution in [1.82, 2.24) is 0 Å². The van der Waals surface area contributed by atoms with Crippen LogP contribution in [0.3, 0.4) is 0 Å². The number of hydrogen-bond donors (Lipinski definition) is 0. The average Bonchev–Trinajstić information content (AvgIpc) is 2.48. The lowest BCUT2D eigenvalue weighted by Crippen LogP contribution is -2.12. The van der Waals surface area contributed by atoms with Crippen LogP contribution < -0.4 is 4.74 Å². The number of aryl methyl sites for hydroxylation is 1. The zero-order valence-corrected chi connectivity index (χ0v) is 13.3. The van der Waals surface area contributed by atoms with Gasteiger partial charge in [-0.05, 0) is 50.5 Å². The smallest absolute Gasteiger partial charge is 0.172 e. The van der Waals surface area contributed by atoms with Gasteiger partial charge in [0.2, 0.25) is 0 Å². The summed E-state index contributed by atoms with van der Waals surface area (Å²) in [6.45, 7) is 4.63. The number of Topliss-reactive ketones (excluding diaryl/α,β-unsaturated/α-hetero) is 1. The van der Waals surface area contributed by atoms with Crippen molar-refractivity contribution in [2.45, 2.75) is 51.2 Å². The van der Waals surface area contributed by atoms with E-state index < -0.39 is 0 Å². The van der Waals surface area contributed by atoms with E-state index in [9.17, 15) is 4.79 Å². The van der Waals surface area contributed by atoms with Crippen molar-refractivity contribution in [3.63, 3.8) is 0 Å². The Morgan fingerprint density at radius 3 is 2.70 bits per heavy atom. The normalized spacial score (nSPS) is 16.1. The highest BCUT2D eigenvalue weighted by Gasteiger charge is 2.16. The Balaban J connectivity index is 1.89. The molecule has 0 unspecified atom stereocenters.